The Morgan fingerprint density at radius 3 is 2.61 bits per heavy atom. The Kier molecular flexibility index (Phi) is 4.37. The van der Waals surface area contributed by atoms with E-state index in [4.69, 9.17) is 4.52 Å². The predicted octanol–water partition coefficient (Wildman–Crippen LogP) is 2.82. The van der Waals surface area contributed by atoms with Crippen molar-refractivity contribution in [3.05, 3.63) is 46.8 Å². The number of anilines is 1. The summed E-state index contributed by atoms with van der Waals surface area (Å²) in [6, 6.07) is 8.50. The van der Waals surface area contributed by atoms with Crippen molar-refractivity contribution in [2.45, 2.75) is 27.2 Å². The molecule has 1 fully saturated rings. The molecule has 0 spiro atoms. The highest BCUT2D eigenvalue weighted by Crippen LogP contribution is 2.21. The quantitative estimate of drug-likeness (QED) is 0.874. The van der Waals surface area contributed by atoms with Crippen LogP contribution in [0.1, 0.15) is 34.3 Å². The van der Waals surface area contributed by atoms with Crippen LogP contribution in [0.2, 0.25) is 0 Å². The van der Waals surface area contributed by atoms with Crippen molar-refractivity contribution in [3.8, 4) is 0 Å². The number of benzene rings is 1. The Balaban J connectivity index is 1.69. The summed E-state index contributed by atoms with van der Waals surface area (Å²) in [4.78, 5) is 17.0. The highest BCUT2D eigenvalue weighted by Gasteiger charge is 2.27. The normalized spacial score (nSPS) is 15.1. The second kappa shape index (κ2) is 6.44. The molecule has 0 radical (unpaired) electrons. The molecule has 2 heterocycles. The molecular formula is C18H23N3O2. The van der Waals surface area contributed by atoms with Crippen molar-refractivity contribution in [1.29, 1.82) is 0 Å². The van der Waals surface area contributed by atoms with E-state index in [1.165, 1.54) is 11.3 Å². The summed E-state index contributed by atoms with van der Waals surface area (Å²) in [6.07, 6.45) is 0.710. The van der Waals surface area contributed by atoms with Gasteiger partial charge in [0, 0.05) is 31.9 Å². The van der Waals surface area contributed by atoms with Crippen LogP contribution in [-0.4, -0.2) is 42.1 Å². The SMILES string of the molecule is CCc1noc(C)c1C(=O)N1CCN(c2cccc(C)c2)CC1. The van der Waals surface area contributed by atoms with Gasteiger partial charge in [0.25, 0.3) is 5.91 Å². The largest absolute Gasteiger partial charge is 0.368 e. The molecule has 0 N–H and O–H groups in total. The van der Waals surface area contributed by atoms with E-state index >= 15 is 0 Å². The lowest BCUT2D eigenvalue weighted by Gasteiger charge is -2.36. The van der Waals surface area contributed by atoms with E-state index in [1.807, 2.05) is 18.7 Å². The second-order valence-electron chi connectivity index (χ2n) is 6.03. The lowest BCUT2D eigenvalue weighted by atomic mass is 10.1. The Morgan fingerprint density at radius 2 is 1.96 bits per heavy atom. The number of hydrogen-bond donors (Lipinski definition) is 0. The van der Waals surface area contributed by atoms with Gasteiger partial charge in [0.05, 0.1) is 5.69 Å². The Bertz CT molecular complexity index is 700. The van der Waals surface area contributed by atoms with Gasteiger partial charge in [-0.15, -0.1) is 0 Å². The molecule has 1 saturated heterocycles. The van der Waals surface area contributed by atoms with E-state index in [0.717, 1.165) is 31.9 Å². The fraction of sp³-hybridized carbons (Fsp3) is 0.444. The van der Waals surface area contributed by atoms with Gasteiger partial charge in [-0.1, -0.05) is 24.2 Å². The Labute approximate surface area is 136 Å². The fourth-order valence-corrected chi connectivity index (χ4v) is 3.08. The number of aromatic nitrogens is 1. The molecule has 0 unspecified atom stereocenters. The van der Waals surface area contributed by atoms with Crippen LogP contribution >= 0.6 is 0 Å². The molecule has 0 atom stereocenters. The number of aryl methyl sites for hydroxylation is 3. The summed E-state index contributed by atoms with van der Waals surface area (Å²) in [5, 5.41) is 3.99. The molecule has 1 aliphatic rings. The van der Waals surface area contributed by atoms with Crippen LogP contribution < -0.4 is 4.90 Å². The van der Waals surface area contributed by atoms with Crippen LogP contribution in [-0.2, 0) is 6.42 Å². The molecule has 0 saturated carbocycles. The standard InChI is InChI=1S/C18H23N3O2/c1-4-16-17(14(3)23-19-16)18(22)21-10-8-20(9-11-21)15-7-5-6-13(2)12-15/h5-7,12H,4,8-11H2,1-3H3. The molecule has 5 nitrogen and oxygen atoms in total. The average Bonchev–Trinajstić information content (AvgIpc) is 2.95. The maximum atomic E-state index is 12.8. The number of carbonyl (C=O) groups is 1. The number of hydrogen-bond acceptors (Lipinski definition) is 4. The van der Waals surface area contributed by atoms with Crippen LogP contribution in [0.15, 0.2) is 28.8 Å². The molecule has 2 aromatic rings. The summed E-state index contributed by atoms with van der Waals surface area (Å²) in [6.45, 7) is 9.04. The zero-order valence-electron chi connectivity index (χ0n) is 14.0. The van der Waals surface area contributed by atoms with Crippen molar-refractivity contribution >= 4 is 11.6 Å². The van der Waals surface area contributed by atoms with Gasteiger partial charge in [-0.3, -0.25) is 4.79 Å². The van der Waals surface area contributed by atoms with Gasteiger partial charge < -0.3 is 14.3 Å². The van der Waals surface area contributed by atoms with Gasteiger partial charge in [-0.05, 0) is 38.0 Å². The summed E-state index contributed by atoms with van der Waals surface area (Å²) in [7, 11) is 0. The third-order valence-electron chi connectivity index (χ3n) is 4.42. The zero-order valence-corrected chi connectivity index (χ0v) is 14.0. The second-order valence-corrected chi connectivity index (χ2v) is 6.03. The third-order valence-corrected chi connectivity index (χ3v) is 4.42. The van der Waals surface area contributed by atoms with Crippen molar-refractivity contribution in [2.24, 2.45) is 0 Å². The van der Waals surface area contributed by atoms with Crippen molar-refractivity contribution < 1.29 is 9.32 Å². The third kappa shape index (κ3) is 3.09. The lowest BCUT2D eigenvalue weighted by Crippen LogP contribution is -2.49. The number of nitrogens with zero attached hydrogens (tertiary/aromatic N) is 3. The topological polar surface area (TPSA) is 49.6 Å². The molecule has 1 aromatic heterocycles. The molecule has 0 aliphatic carbocycles. The highest BCUT2D eigenvalue weighted by atomic mass is 16.5. The van der Waals surface area contributed by atoms with Gasteiger partial charge in [0.15, 0.2) is 0 Å². The minimum absolute atomic E-state index is 0.0458. The molecule has 1 aliphatic heterocycles. The molecular weight excluding hydrogens is 290 g/mol. The van der Waals surface area contributed by atoms with E-state index in [0.29, 0.717) is 17.7 Å². The van der Waals surface area contributed by atoms with Gasteiger partial charge >= 0.3 is 0 Å². The van der Waals surface area contributed by atoms with Gasteiger partial charge in [-0.25, -0.2) is 0 Å². The first kappa shape index (κ1) is 15.6. The lowest BCUT2D eigenvalue weighted by molar-refractivity contribution is 0.0744. The van der Waals surface area contributed by atoms with Crippen LogP contribution in [0.5, 0.6) is 0 Å². The molecule has 1 aromatic carbocycles. The minimum Gasteiger partial charge on any atom is -0.368 e. The van der Waals surface area contributed by atoms with Crippen molar-refractivity contribution in [3.63, 3.8) is 0 Å². The van der Waals surface area contributed by atoms with E-state index in [1.54, 1.807) is 0 Å². The van der Waals surface area contributed by atoms with Gasteiger partial charge in [0.1, 0.15) is 11.3 Å². The fourth-order valence-electron chi connectivity index (χ4n) is 3.08. The molecule has 23 heavy (non-hydrogen) atoms. The van der Waals surface area contributed by atoms with E-state index in [2.05, 4.69) is 41.2 Å². The number of piperazine rings is 1. The summed E-state index contributed by atoms with van der Waals surface area (Å²) in [5.41, 5.74) is 3.89. The first-order valence-corrected chi connectivity index (χ1v) is 8.16. The van der Waals surface area contributed by atoms with Crippen molar-refractivity contribution in [2.75, 3.05) is 31.1 Å². The summed E-state index contributed by atoms with van der Waals surface area (Å²) in [5.74, 6) is 0.664. The van der Waals surface area contributed by atoms with E-state index in [9.17, 15) is 4.79 Å². The first-order valence-electron chi connectivity index (χ1n) is 8.16. The predicted molar refractivity (Wildman–Crippen MR) is 89.9 cm³/mol. The molecule has 5 heteroatoms. The minimum atomic E-state index is 0.0458. The Morgan fingerprint density at radius 1 is 1.22 bits per heavy atom. The van der Waals surface area contributed by atoms with Crippen LogP contribution in [0.3, 0.4) is 0 Å². The van der Waals surface area contributed by atoms with Crippen LogP contribution in [0, 0.1) is 13.8 Å². The average molecular weight is 313 g/mol. The highest BCUT2D eigenvalue weighted by molar-refractivity contribution is 5.96. The summed E-state index contributed by atoms with van der Waals surface area (Å²) >= 11 is 0. The van der Waals surface area contributed by atoms with Gasteiger partial charge in [0.2, 0.25) is 0 Å². The maximum absolute atomic E-state index is 12.8. The Hall–Kier alpha value is -2.30. The van der Waals surface area contributed by atoms with E-state index in [-0.39, 0.29) is 5.91 Å². The number of rotatable bonds is 3. The number of amides is 1. The molecule has 3 rings (SSSR count). The van der Waals surface area contributed by atoms with Crippen LogP contribution in [0.25, 0.3) is 0 Å². The monoisotopic (exact) mass is 313 g/mol. The zero-order chi connectivity index (χ0) is 16.4. The molecule has 1 amide bonds. The van der Waals surface area contributed by atoms with Crippen molar-refractivity contribution in [1.82, 2.24) is 10.1 Å². The first-order chi connectivity index (χ1) is 11.1. The molecule has 0 bridgehead atoms. The maximum Gasteiger partial charge on any atom is 0.259 e. The van der Waals surface area contributed by atoms with E-state index < -0.39 is 0 Å². The number of carbonyl (C=O) groups excluding carboxylic acids is 1. The summed E-state index contributed by atoms with van der Waals surface area (Å²) < 4.78 is 5.19. The smallest absolute Gasteiger partial charge is 0.259 e. The van der Waals surface area contributed by atoms with Gasteiger partial charge in [-0.2, -0.15) is 0 Å². The molecule has 122 valence electrons. The van der Waals surface area contributed by atoms with Crippen LogP contribution in [0.4, 0.5) is 5.69 Å².